The number of hydrogen-bond donors (Lipinski definition) is 2. The number of rotatable bonds is 4. The largest absolute Gasteiger partial charge is 0.390 e. The topological polar surface area (TPSA) is 40.5 Å². The minimum absolute atomic E-state index is 0.397. The van der Waals surface area contributed by atoms with Crippen LogP contribution in [0, 0.1) is 46.8 Å². The molecular formula is C26H46O2. The van der Waals surface area contributed by atoms with E-state index in [0.717, 1.165) is 60.7 Å². The SMILES string of the molecule is C[C@H](CCC(C)(C)O)[C@H]1CCC2C3CCC4C[C@@](C)(O)CC[C@@H]4C3CC[C@@]21C. The van der Waals surface area contributed by atoms with Gasteiger partial charge in [0.05, 0.1) is 11.2 Å². The molecule has 0 heterocycles. The molecule has 4 unspecified atom stereocenters. The lowest BCUT2D eigenvalue weighted by Crippen LogP contribution is -2.50. The molecule has 0 radical (unpaired) electrons. The monoisotopic (exact) mass is 390 g/mol. The van der Waals surface area contributed by atoms with Gasteiger partial charge in [-0.15, -0.1) is 0 Å². The molecule has 4 rings (SSSR count). The summed E-state index contributed by atoms with van der Waals surface area (Å²) in [7, 11) is 0. The van der Waals surface area contributed by atoms with Crippen LogP contribution in [-0.2, 0) is 0 Å². The van der Waals surface area contributed by atoms with Crippen LogP contribution in [0.5, 0.6) is 0 Å². The van der Waals surface area contributed by atoms with Crippen LogP contribution in [0.1, 0.15) is 105 Å². The molecule has 0 amide bonds. The second-order valence-electron chi connectivity index (χ2n) is 12.7. The Morgan fingerprint density at radius 2 is 1.64 bits per heavy atom. The lowest BCUT2D eigenvalue weighted by atomic mass is 9.48. The first kappa shape index (κ1) is 21.2. The van der Waals surface area contributed by atoms with Gasteiger partial charge in [-0.05, 0) is 138 Å². The van der Waals surface area contributed by atoms with Crippen molar-refractivity contribution in [1.82, 2.24) is 0 Å². The highest BCUT2D eigenvalue weighted by molar-refractivity contribution is 5.07. The average molecular weight is 391 g/mol. The summed E-state index contributed by atoms with van der Waals surface area (Å²) >= 11 is 0. The molecule has 0 bridgehead atoms. The molecule has 0 spiro atoms. The average Bonchev–Trinajstić information content (AvgIpc) is 2.95. The minimum atomic E-state index is -0.522. The van der Waals surface area contributed by atoms with Crippen LogP contribution in [0.2, 0.25) is 0 Å². The Bertz CT molecular complexity index is 561. The molecule has 0 aromatic heterocycles. The molecule has 2 heteroatoms. The van der Waals surface area contributed by atoms with Crippen LogP contribution in [0.25, 0.3) is 0 Å². The Labute approximate surface area is 173 Å². The van der Waals surface area contributed by atoms with Gasteiger partial charge in [0.15, 0.2) is 0 Å². The third kappa shape index (κ3) is 3.82. The Kier molecular flexibility index (Phi) is 5.49. The molecule has 4 aliphatic carbocycles. The Hall–Kier alpha value is -0.0800. The van der Waals surface area contributed by atoms with Gasteiger partial charge in [0.1, 0.15) is 0 Å². The van der Waals surface area contributed by atoms with Crippen molar-refractivity contribution in [3.8, 4) is 0 Å². The second-order valence-corrected chi connectivity index (χ2v) is 12.7. The standard InChI is InChI=1S/C26H46O2/c1-17(10-13-24(2,3)27)22-8-9-23-21-7-6-18-16-25(4,28)14-11-19(18)20(21)12-15-26(22,23)5/h17-23,27-28H,6-16H2,1-5H3/t17-,18?,19+,20?,21?,22-,23?,25+,26-/m1/s1. The molecule has 4 saturated carbocycles. The first-order chi connectivity index (χ1) is 13.0. The molecule has 4 fully saturated rings. The summed E-state index contributed by atoms with van der Waals surface area (Å²) in [6.07, 6.45) is 14.0. The normalized spacial score (nSPS) is 49.8. The van der Waals surface area contributed by atoms with E-state index in [2.05, 4.69) is 20.8 Å². The fourth-order valence-electron chi connectivity index (χ4n) is 8.84. The van der Waals surface area contributed by atoms with E-state index in [0.29, 0.717) is 5.41 Å². The van der Waals surface area contributed by atoms with Gasteiger partial charge in [0.2, 0.25) is 0 Å². The van der Waals surface area contributed by atoms with E-state index < -0.39 is 11.2 Å². The molecular weight excluding hydrogens is 344 g/mol. The predicted octanol–water partition coefficient (Wildman–Crippen LogP) is 6.19. The fraction of sp³-hybridized carbons (Fsp3) is 1.00. The molecule has 0 saturated heterocycles. The predicted molar refractivity (Wildman–Crippen MR) is 116 cm³/mol. The molecule has 9 atom stereocenters. The van der Waals surface area contributed by atoms with Crippen LogP contribution in [0.3, 0.4) is 0 Å². The van der Waals surface area contributed by atoms with E-state index in [-0.39, 0.29) is 0 Å². The molecule has 162 valence electrons. The lowest BCUT2D eigenvalue weighted by Gasteiger charge is -2.57. The highest BCUT2D eigenvalue weighted by atomic mass is 16.3. The van der Waals surface area contributed by atoms with Gasteiger partial charge in [-0.3, -0.25) is 0 Å². The van der Waals surface area contributed by atoms with Gasteiger partial charge in [0, 0.05) is 0 Å². The van der Waals surface area contributed by atoms with Crippen molar-refractivity contribution in [3.63, 3.8) is 0 Å². The van der Waals surface area contributed by atoms with Gasteiger partial charge in [-0.1, -0.05) is 13.8 Å². The molecule has 0 aromatic rings. The molecule has 2 nitrogen and oxygen atoms in total. The summed E-state index contributed by atoms with van der Waals surface area (Å²) in [5.41, 5.74) is -0.385. The molecule has 28 heavy (non-hydrogen) atoms. The van der Waals surface area contributed by atoms with Gasteiger partial charge < -0.3 is 10.2 Å². The Morgan fingerprint density at radius 1 is 0.929 bits per heavy atom. The van der Waals surface area contributed by atoms with Gasteiger partial charge >= 0.3 is 0 Å². The first-order valence-corrected chi connectivity index (χ1v) is 12.4. The van der Waals surface area contributed by atoms with E-state index in [1.165, 1.54) is 51.4 Å². The molecule has 0 aliphatic heterocycles. The molecule has 0 aromatic carbocycles. The number of hydrogen-bond acceptors (Lipinski definition) is 2. The Balaban J connectivity index is 1.45. The highest BCUT2D eigenvalue weighted by Crippen LogP contribution is 2.65. The van der Waals surface area contributed by atoms with Crippen LogP contribution < -0.4 is 0 Å². The zero-order valence-corrected chi connectivity index (χ0v) is 19.2. The van der Waals surface area contributed by atoms with E-state index in [9.17, 15) is 10.2 Å². The zero-order valence-electron chi connectivity index (χ0n) is 19.2. The summed E-state index contributed by atoms with van der Waals surface area (Å²) in [5, 5.41) is 20.8. The fourth-order valence-corrected chi connectivity index (χ4v) is 8.84. The maximum Gasteiger partial charge on any atom is 0.0622 e. The van der Waals surface area contributed by atoms with Crippen LogP contribution in [0.15, 0.2) is 0 Å². The van der Waals surface area contributed by atoms with E-state index >= 15 is 0 Å². The van der Waals surface area contributed by atoms with Crippen molar-refractivity contribution in [1.29, 1.82) is 0 Å². The third-order valence-corrected chi connectivity index (χ3v) is 10.2. The van der Waals surface area contributed by atoms with Crippen molar-refractivity contribution in [2.75, 3.05) is 0 Å². The smallest absolute Gasteiger partial charge is 0.0622 e. The van der Waals surface area contributed by atoms with E-state index in [4.69, 9.17) is 0 Å². The molecule has 2 N–H and O–H groups in total. The summed E-state index contributed by atoms with van der Waals surface area (Å²) in [6, 6.07) is 0. The summed E-state index contributed by atoms with van der Waals surface area (Å²) in [6.45, 7) is 11.1. The first-order valence-electron chi connectivity index (χ1n) is 12.4. The lowest BCUT2D eigenvalue weighted by molar-refractivity contribution is -0.103. The third-order valence-electron chi connectivity index (χ3n) is 10.2. The molecule has 4 aliphatic rings. The van der Waals surface area contributed by atoms with Gasteiger partial charge in [-0.2, -0.15) is 0 Å². The van der Waals surface area contributed by atoms with E-state index in [1.54, 1.807) is 0 Å². The Morgan fingerprint density at radius 3 is 2.36 bits per heavy atom. The highest BCUT2D eigenvalue weighted by Gasteiger charge is 2.58. The van der Waals surface area contributed by atoms with Crippen LogP contribution >= 0.6 is 0 Å². The maximum atomic E-state index is 10.6. The quantitative estimate of drug-likeness (QED) is 0.600. The summed E-state index contributed by atoms with van der Waals surface area (Å²) in [4.78, 5) is 0. The second kappa shape index (κ2) is 7.26. The van der Waals surface area contributed by atoms with Crippen molar-refractivity contribution in [3.05, 3.63) is 0 Å². The summed E-state index contributed by atoms with van der Waals surface area (Å²) < 4.78 is 0. The van der Waals surface area contributed by atoms with Crippen molar-refractivity contribution >= 4 is 0 Å². The van der Waals surface area contributed by atoms with Gasteiger partial charge in [-0.25, -0.2) is 0 Å². The minimum Gasteiger partial charge on any atom is -0.390 e. The number of aliphatic hydroxyl groups is 2. The van der Waals surface area contributed by atoms with Crippen LogP contribution in [-0.4, -0.2) is 21.4 Å². The van der Waals surface area contributed by atoms with Gasteiger partial charge in [0.25, 0.3) is 0 Å². The summed E-state index contributed by atoms with van der Waals surface area (Å²) in [5.74, 6) is 6.11. The maximum absolute atomic E-state index is 10.6. The van der Waals surface area contributed by atoms with Crippen molar-refractivity contribution in [2.45, 2.75) is 116 Å². The zero-order chi connectivity index (χ0) is 20.3. The van der Waals surface area contributed by atoms with Crippen molar-refractivity contribution in [2.24, 2.45) is 46.8 Å². The van der Waals surface area contributed by atoms with Crippen LogP contribution in [0.4, 0.5) is 0 Å². The van der Waals surface area contributed by atoms with E-state index in [1.807, 2.05) is 13.8 Å². The van der Waals surface area contributed by atoms with Crippen molar-refractivity contribution < 1.29 is 10.2 Å². The number of fused-ring (bicyclic) bond motifs is 5.